The lowest BCUT2D eigenvalue weighted by molar-refractivity contribution is 0.102. The van der Waals surface area contributed by atoms with E-state index in [1.165, 1.54) is 5.56 Å². The highest BCUT2D eigenvalue weighted by Crippen LogP contribution is 2.31. The molecular weight excluding hydrogens is 336 g/mol. The Kier molecular flexibility index (Phi) is 4.59. The van der Waals surface area contributed by atoms with E-state index in [9.17, 15) is 4.79 Å². The van der Waals surface area contributed by atoms with Crippen molar-refractivity contribution in [1.82, 2.24) is 9.97 Å². The number of anilines is 3. The summed E-state index contributed by atoms with van der Waals surface area (Å²) in [4.78, 5) is 23.7. The number of carbonyl (C=O) groups excluding carboxylic acids is 1. The molecular formula is C22H22N4O. The van der Waals surface area contributed by atoms with Gasteiger partial charge in [0.15, 0.2) is 0 Å². The second-order valence-corrected chi connectivity index (χ2v) is 6.96. The van der Waals surface area contributed by atoms with Gasteiger partial charge in [-0.2, -0.15) is 0 Å². The molecule has 0 aliphatic carbocycles. The molecule has 1 aliphatic rings. The molecule has 1 N–H and O–H groups in total. The molecule has 4 rings (SSSR count). The van der Waals surface area contributed by atoms with Gasteiger partial charge < -0.3 is 10.2 Å². The second kappa shape index (κ2) is 7.19. The monoisotopic (exact) mass is 358 g/mol. The van der Waals surface area contributed by atoms with E-state index in [1.54, 1.807) is 12.3 Å². The highest BCUT2D eigenvalue weighted by Gasteiger charge is 2.21. The van der Waals surface area contributed by atoms with E-state index in [-0.39, 0.29) is 5.91 Å². The molecule has 0 saturated heterocycles. The number of aromatic nitrogens is 2. The van der Waals surface area contributed by atoms with Gasteiger partial charge >= 0.3 is 0 Å². The first-order valence-electron chi connectivity index (χ1n) is 9.18. The van der Waals surface area contributed by atoms with Crippen LogP contribution in [0.4, 0.5) is 17.3 Å². The fraction of sp³-hybridized carbons (Fsp3) is 0.227. The van der Waals surface area contributed by atoms with Crippen LogP contribution in [0.2, 0.25) is 0 Å². The number of nitrogens with one attached hydrogen (secondary N) is 1. The molecule has 0 fully saturated rings. The third-order valence-electron chi connectivity index (χ3n) is 4.71. The number of hydrogen-bond acceptors (Lipinski definition) is 4. The van der Waals surface area contributed by atoms with Gasteiger partial charge in [-0.25, -0.2) is 9.97 Å². The summed E-state index contributed by atoms with van der Waals surface area (Å²) < 4.78 is 0. The van der Waals surface area contributed by atoms with Crippen molar-refractivity contribution in [3.8, 4) is 0 Å². The van der Waals surface area contributed by atoms with E-state index in [2.05, 4.69) is 44.5 Å². The van der Waals surface area contributed by atoms with E-state index < -0.39 is 0 Å². The molecule has 1 amide bonds. The minimum Gasteiger partial charge on any atom is -0.321 e. The van der Waals surface area contributed by atoms with Crippen LogP contribution in [0.15, 0.2) is 54.7 Å². The van der Waals surface area contributed by atoms with Crippen LogP contribution in [0.25, 0.3) is 0 Å². The predicted molar refractivity (Wildman–Crippen MR) is 108 cm³/mol. The first kappa shape index (κ1) is 17.2. The summed E-state index contributed by atoms with van der Waals surface area (Å²) in [5, 5.41) is 2.94. The van der Waals surface area contributed by atoms with Crippen LogP contribution in [0, 0.1) is 13.8 Å². The lowest BCUT2D eigenvalue weighted by atomic mass is 10.0. The number of para-hydroxylation sites is 1. The quantitative estimate of drug-likeness (QED) is 0.752. The van der Waals surface area contributed by atoms with Crippen LogP contribution in [0.1, 0.15) is 33.6 Å². The average molecular weight is 358 g/mol. The van der Waals surface area contributed by atoms with E-state index in [4.69, 9.17) is 0 Å². The number of rotatable bonds is 3. The standard InChI is InChI=1S/C22H22N4O/c1-15-12-16(2)14-18(13-15)24-21(27)19-9-10-23-22(25-19)26-11-5-7-17-6-3-4-8-20(17)26/h3-4,6,8-10,12-14H,5,7,11H2,1-2H3,(H,24,27). The van der Waals surface area contributed by atoms with Crippen LogP contribution in [-0.4, -0.2) is 22.4 Å². The number of fused-ring (bicyclic) bond motifs is 1. The Labute approximate surface area is 159 Å². The van der Waals surface area contributed by atoms with Crippen LogP contribution in [0.5, 0.6) is 0 Å². The largest absolute Gasteiger partial charge is 0.321 e. The molecule has 27 heavy (non-hydrogen) atoms. The molecule has 0 bridgehead atoms. The van der Waals surface area contributed by atoms with Crippen molar-refractivity contribution < 1.29 is 4.79 Å². The number of aryl methyl sites for hydroxylation is 3. The smallest absolute Gasteiger partial charge is 0.274 e. The third-order valence-corrected chi connectivity index (χ3v) is 4.71. The fourth-order valence-corrected chi connectivity index (χ4v) is 3.59. The normalized spacial score (nSPS) is 13.2. The van der Waals surface area contributed by atoms with Crippen molar-refractivity contribution in [2.45, 2.75) is 26.7 Å². The van der Waals surface area contributed by atoms with Gasteiger partial charge in [0.2, 0.25) is 5.95 Å². The Morgan fingerprint density at radius 3 is 2.67 bits per heavy atom. The maximum absolute atomic E-state index is 12.7. The van der Waals surface area contributed by atoms with Gasteiger partial charge in [0.25, 0.3) is 5.91 Å². The zero-order chi connectivity index (χ0) is 18.8. The van der Waals surface area contributed by atoms with E-state index in [0.29, 0.717) is 11.6 Å². The van der Waals surface area contributed by atoms with Crippen molar-refractivity contribution in [3.63, 3.8) is 0 Å². The van der Waals surface area contributed by atoms with Gasteiger partial charge in [0.05, 0.1) is 0 Å². The van der Waals surface area contributed by atoms with Crippen molar-refractivity contribution in [2.75, 3.05) is 16.8 Å². The number of nitrogens with zero attached hydrogens (tertiary/aromatic N) is 3. The molecule has 1 aliphatic heterocycles. The maximum atomic E-state index is 12.7. The number of benzene rings is 2. The van der Waals surface area contributed by atoms with Crippen LogP contribution < -0.4 is 10.2 Å². The highest BCUT2D eigenvalue weighted by atomic mass is 16.1. The number of carbonyl (C=O) groups is 1. The minimum absolute atomic E-state index is 0.228. The summed E-state index contributed by atoms with van der Waals surface area (Å²) >= 11 is 0. The SMILES string of the molecule is Cc1cc(C)cc(NC(=O)c2ccnc(N3CCCc4ccccc43)n2)c1. The summed E-state index contributed by atoms with van der Waals surface area (Å²) in [6.45, 7) is 4.87. The molecule has 136 valence electrons. The predicted octanol–water partition coefficient (Wildman–Crippen LogP) is 4.43. The first-order valence-corrected chi connectivity index (χ1v) is 9.18. The minimum atomic E-state index is -0.228. The summed E-state index contributed by atoms with van der Waals surface area (Å²) in [6, 6.07) is 15.9. The molecule has 1 aromatic heterocycles. The molecule has 5 nitrogen and oxygen atoms in total. The van der Waals surface area contributed by atoms with E-state index in [0.717, 1.165) is 41.9 Å². The topological polar surface area (TPSA) is 58.1 Å². The number of hydrogen-bond donors (Lipinski definition) is 1. The maximum Gasteiger partial charge on any atom is 0.274 e. The summed E-state index contributed by atoms with van der Waals surface area (Å²) in [7, 11) is 0. The molecule has 0 saturated carbocycles. The molecule has 2 aromatic carbocycles. The first-order chi connectivity index (χ1) is 13.1. The van der Waals surface area contributed by atoms with E-state index in [1.807, 2.05) is 32.0 Å². The van der Waals surface area contributed by atoms with Gasteiger partial charge in [0, 0.05) is 24.1 Å². The Hall–Kier alpha value is -3.21. The second-order valence-electron chi connectivity index (χ2n) is 6.96. The Bertz CT molecular complexity index is 979. The average Bonchev–Trinajstić information content (AvgIpc) is 2.67. The molecule has 0 radical (unpaired) electrons. The molecule has 2 heterocycles. The summed E-state index contributed by atoms with van der Waals surface area (Å²) in [5.74, 6) is 0.337. The van der Waals surface area contributed by atoms with Crippen molar-refractivity contribution >= 4 is 23.2 Å². The van der Waals surface area contributed by atoms with E-state index >= 15 is 0 Å². The van der Waals surface area contributed by atoms with Gasteiger partial charge in [-0.3, -0.25) is 4.79 Å². The molecule has 5 heteroatoms. The Morgan fingerprint density at radius 1 is 1.07 bits per heavy atom. The fourth-order valence-electron chi connectivity index (χ4n) is 3.59. The summed E-state index contributed by atoms with van der Waals surface area (Å²) in [6.07, 6.45) is 3.74. The number of amides is 1. The molecule has 0 unspecified atom stereocenters. The lowest BCUT2D eigenvalue weighted by Crippen LogP contribution is -2.27. The van der Waals surface area contributed by atoms with Crippen molar-refractivity contribution in [1.29, 1.82) is 0 Å². The zero-order valence-corrected chi connectivity index (χ0v) is 15.6. The lowest BCUT2D eigenvalue weighted by Gasteiger charge is -2.29. The van der Waals surface area contributed by atoms with Gasteiger partial charge in [-0.05, 0) is 67.6 Å². The van der Waals surface area contributed by atoms with Gasteiger partial charge in [0.1, 0.15) is 5.69 Å². The molecule has 3 aromatic rings. The molecule has 0 atom stereocenters. The van der Waals surface area contributed by atoms with Gasteiger partial charge in [-0.1, -0.05) is 24.3 Å². The highest BCUT2D eigenvalue weighted by molar-refractivity contribution is 6.03. The van der Waals surface area contributed by atoms with Crippen molar-refractivity contribution in [2.24, 2.45) is 0 Å². The van der Waals surface area contributed by atoms with Crippen molar-refractivity contribution in [3.05, 3.63) is 77.1 Å². The Balaban J connectivity index is 1.60. The molecule has 0 spiro atoms. The van der Waals surface area contributed by atoms with Crippen LogP contribution in [-0.2, 0) is 6.42 Å². The summed E-state index contributed by atoms with van der Waals surface area (Å²) in [5.41, 5.74) is 5.77. The Morgan fingerprint density at radius 2 is 1.85 bits per heavy atom. The third kappa shape index (κ3) is 3.67. The zero-order valence-electron chi connectivity index (χ0n) is 15.6. The van der Waals surface area contributed by atoms with Crippen LogP contribution >= 0.6 is 0 Å². The van der Waals surface area contributed by atoms with Crippen LogP contribution in [0.3, 0.4) is 0 Å². The van der Waals surface area contributed by atoms with Gasteiger partial charge in [-0.15, -0.1) is 0 Å².